The molecule has 0 aromatic carbocycles. The molecule has 1 atom stereocenters. The first kappa shape index (κ1) is 11.7. The summed E-state index contributed by atoms with van der Waals surface area (Å²) < 4.78 is 0. The summed E-state index contributed by atoms with van der Waals surface area (Å²) >= 11 is 1.63. The summed E-state index contributed by atoms with van der Waals surface area (Å²) in [4.78, 5) is 17.3. The van der Waals surface area contributed by atoms with Crippen molar-refractivity contribution < 1.29 is 4.79 Å². The van der Waals surface area contributed by atoms with Gasteiger partial charge in [-0.15, -0.1) is 11.3 Å². The minimum Gasteiger partial charge on any atom is -0.342 e. The maximum atomic E-state index is 11.7. The first-order chi connectivity index (χ1) is 8.08. The zero-order valence-electron chi connectivity index (χ0n) is 9.81. The molecule has 2 aromatic heterocycles. The van der Waals surface area contributed by atoms with Crippen LogP contribution < -0.4 is 5.32 Å². The predicted octanol–water partition coefficient (Wildman–Crippen LogP) is 1.37. The lowest BCUT2D eigenvalue weighted by atomic mass is 10.2. The summed E-state index contributed by atoms with van der Waals surface area (Å²) in [6.07, 6.45) is 1.39. The standard InChI is InChI=1S/C10H13N5OS/c1-5(9-6(2)17-7(3)13-9)12-10(16)8-4-11-15-14-8/h4-5H,1-3H3,(H,12,16)(H,11,14,15)/t5-/m1/s1. The molecule has 0 radical (unpaired) electrons. The van der Waals surface area contributed by atoms with Crippen LogP contribution in [0.2, 0.25) is 0 Å². The van der Waals surface area contributed by atoms with Gasteiger partial charge in [-0.25, -0.2) is 4.98 Å². The summed E-state index contributed by atoms with van der Waals surface area (Å²) in [5.41, 5.74) is 1.19. The van der Waals surface area contributed by atoms with E-state index in [1.807, 2.05) is 20.8 Å². The third-order valence-corrected chi connectivity index (χ3v) is 3.25. The van der Waals surface area contributed by atoms with E-state index >= 15 is 0 Å². The molecule has 2 rings (SSSR count). The Bertz CT molecular complexity index is 519. The van der Waals surface area contributed by atoms with E-state index in [1.54, 1.807) is 11.3 Å². The highest BCUT2D eigenvalue weighted by molar-refractivity contribution is 7.11. The molecule has 2 aromatic rings. The van der Waals surface area contributed by atoms with Gasteiger partial charge in [-0.05, 0) is 20.8 Å². The van der Waals surface area contributed by atoms with Crippen LogP contribution in [0.4, 0.5) is 0 Å². The van der Waals surface area contributed by atoms with Crippen LogP contribution in [-0.2, 0) is 0 Å². The number of rotatable bonds is 3. The average molecular weight is 251 g/mol. The van der Waals surface area contributed by atoms with Crippen molar-refractivity contribution in [1.29, 1.82) is 0 Å². The Kier molecular flexibility index (Phi) is 3.19. The third kappa shape index (κ3) is 2.50. The van der Waals surface area contributed by atoms with Crippen molar-refractivity contribution in [2.24, 2.45) is 0 Å². The zero-order valence-corrected chi connectivity index (χ0v) is 10.6. The number of nitrogens with one attached hydrogen (secondary N) is 2. The third-order valence-electron chi connectivity index (χ3n) is 2.34. The van der Waals surface area contributed by atoms with Gasteiger partial charge in [0, 0.05) is 4.88 Å². The fourth-order valence-electron chi connectivity index (χ4n) is 1.60. The second kappa shape index (κ2) is 4.62. The van der Waals surface area contributed by atoms with Crippen LogP contribution >= 0.6 is 11.3 Å². The minimum atomic E-state index is -0.253. The van der Waals surface area contributed by atoms with E-state index in [4.69, 9.17) is 0 Å². The molecule has 0 aliphatic heterocycles. The molecule has 7 heteroatoms. The Labute approximate surface area is 102 Å². The van der Waals surface area contributed by atoms with Gasteiger partial charge in [0.05, 0.1) is 22.9 Å². The second-order valence-corrected chi connectivity index (χ2v) is 5.13. The van der Waals surface area contributed by atoms with Crippen molar-refractivity contribution in [3.05, 3.63) is 27.5 Å². The number of aryl methyl sites for hydroxylation is 2. The van der Waals surface area contributed by atoms with Gasteiger partial charge in [0.2, 0.25) is 0 Å². The number of nitrogens with zero attached hydrogens (tertiary/aromatic N) is 3. The summed E-state index contributed by atoms with van der Waals surface area (Å²) in [5.74, 6) is -0.253. The SMILES string of the molecule is Cc1nc([C@@H](C)NC(=O)c2cn[nH]n2)c(C)s1. The summed E-state index contributed by atoms with van der Waals surface area (Å²) in [5, 5.41) is 13.6. The van der Waals surface area contributed by atoms with E-state index in [2.05, 4.69) is 25.7 Å². The topological polar surface area (TPSA) is 83.6 Å². The summed E-state index contributed by atoms with van der Waals surface area (Å²) in [6.45, 7) is 5.85. The van der Waals surface area contributed by atoms with Gasteiger partial charge in [0.25, 0.3) is 5.91 Å². The smallest absolute Gasteiger partial charge is 0.273 e. The Balaban J connectivity index is 2.09. The van der Waals surface area contributed by atoms with Crippen molar-refractivity contribution in [3.8, 4) is 0 Å². The Morgan fingerprint density at radius 2 is 2.29 bits per heavy atom. The van der Waals surface area contributed by atoms with Gasteiger partial charge in [-0.2, -0.15) is 15.4 Å². The number of hydrogen-bond donors (Lipinski definition) is 2. The van der Waals surface area contributed by atoms with Crippen LogP contribution in [0.1, 0.15) is 39.0 Å². The van der Waals surface area contributed by atoms with Crippen LogP contribution in [0.5, 0.6) is 0 Å². The molecule has 90 valence electrons. The lowest BCUT2D eigenvalue weighted by molar-refractivity contribution is 0.0934. The Morgan fingerprint density at radius 1 is 1.53 bits per heavy atom. The van der Waals surface area contributed by atoms with Crippen molar-refractivity contribution in [2.45, 2.75) is 26.8 Å². The van der Waals surface area contributed by atoms with E-state index in [0.717, 1.165) is 15.6 Å². The lowest BCUT2D eigenvalue weighted by Crippen LogP contribution is -2.27. The summed E-state index contributed by atoms with van der Waals surface area (Å²) in [7, 11) is 0. The van der Waals surface area contributed by atoms with Crippen molar-refractivity contribution in [1.82, 2.24) is 25.7 Å². The molecule has 0 saturated carbocycles. The highest BCUT2D eigenvalue weighted by Crippen LogP contribution is 2.22. The predicted molar refractivity (Wildman–Crippen MR) is 63.9 cm³/mol. The first-order valence-corrected chi connectivity index (χ1v) is 6.00. The van der Waals surface area contributed by atoms with Crippen LogP contribution in [0, 0.1) is 13.8 Å². The van der Waals surface area contributed by atoms with E-state index < -0.39 is 0 Å². The fraction of sp³-hybridized carbons (Fsp3) is 0.400. The summed E-state index contributed by atoms with van der Waals surface area (Å²) in [6, 6.07) is -0.135. The van der Waals surface area contributed by atoms with Crippen LogP contribution in [-0.4, -0.2) is 26.3 Å². The van der Waals surface area contributed by atoms with Crippen LogP contribution in [0.15, 0.2) is 6.20 Å². The molecule has 0 aliphatic rings. The highest BCUT2D eigenvalue weighted by Gasteiger charge is 2.17. The second-order valence-electron chi connectivity index (χ2n) is 3.72. The molecule has 0 saturated heterocycles. The van der Waals surface area contributed by atoms with Gasteiger partial charge < -0.3 is 5.32 Å². The van der Waals surface area contributed by atoms with Crippen LogP contribution in [0.25, 0.3) is 0 Å². The molecule has 2 N–H and O–H groups in total. The molecule has 0 aliphatic carbocycles. The number of aromatic amines is 1. The first-order valence-electron chi connectivity index (χ1n) is 5.18. The van der Waals surface area contributed by atoms with E-state index in [1.165, 1.54) is 6.20 Å². The number of amides is 1. The number of carbonyl (C=O) groups is 1. The molecule has 2 heterocycles. The quantitative estimate of drug-likeness (QED) is 0.863. The van der Waals surface area contributed by atoms with E-state index in [-0.39, 0.29) is 17.6 Å². The number of thiazole rings is 1. The van der Waals surface area contributed by atoms with E-state index in [9.17, 15) is 4.79 Å². The zero-order chi connectivity index (χ0) is 12.4. The van der Waals surface area contributed by atoms with Gasteiger partial charge >= 0.3 is 0 Å². The number of carbonyl (C=O) groups excluding carboxylic acids is 1. The maximum Gasteiger partial charge on any atom is 0.273 e. The lowest BCUT2D eigenvalue weighted by Gasteiger charge is -2.11. The molecule has 0 bridgehead atoms. The monoisotopic (exact) mass is 251 g/mol. The minimum absolute atomic E-state index is 0.135. The van der Waals surface area contributed by atoms with Gasteiger partial charge in [-0.1, -0.05) is 0 Å². The van der Waals surface area contributed by atoms with Crippen molar-refractivity contribution in [2.75, 3.05) is 0 Å². The van der Waals surface area contributed by atoms with Crippen molar-refractivity contribution in [3.63, 3.8) is 0 Å². The Hall–Kier alpha value is -1.76. The molecule has 6 nitrogen and oxygen atoms in total. The van der Waals surface area contributed by atoms with Gasteiger partial charge in [0.15, 0.2) is 5.69 Å². The molecule has 0 spiro atoms. The number of H-pyrrole nitrogens is 1. The van der Waals surface area contributed by atoms with Crippen molar-refractivity contribution >= 4 is 17.2 Å². The highest BCUT2D eigenvalue weighted by atomic mass is 32.1. The Morgan fingerprint density at radius 3 is 2.82 bits per heavy atom. The molecule has 0 unspecified atom stereocenters. The van der Waals surface area contributed by atoms with Crippen LogP contribution in [0.3, 0.4) is 0 Å². The van der Waals surface area contributed by atoms with Gasteiger partial charge in [0.1, 0.15) is 0 Å². The largest absolute Gasteiger partial charge is 0.342 e. The molecule has 1 amide bonds. The average Bonchev–Trinajstić information content (AvgIpc) is 2.87. The fourth-order valence-corrected chi connectivity index (χ4v) is 2.51. The van der Waals surface area contributed by atoms with Gasteiger partial charge in [-0.3, -0.25) is 4.79 Å². The molecule has 0 fully saturated rings. The number of hydrogen-bond acceptors (Lipinski definition) is 5. The van der Waals surface area contributed by atoms with E-state index in [0.29, 0.717) is 0 Å². The molecule has 17 heavy (non-hydrogen) atoms. The maximum absolute atomic E-state index is 11.7. The molecular weight excluding hydrogens is 238 g/mol. The number of aromatic nitrogens is 4. The molecular formula is C10H13N5OS. The normalized spacial score (nSPS) is 12.4.